The number of hydrogen-bond acceptors (Lipinski definition) is 6. The monoisotopic (exact) mass is 387 g/mol. The summed E-state index contributed by atoms with van der Waals surface area (Å²) in [4.78, 5) is 9.56. The lowest BCUT2D eigenvalue weighted by atomic mass is 10.1. The van der Waals surface area contributed by atoms with E-state index in [-0.39, 0.29) is 26.3 Å². The van der Waals surface area contributed by atoms with E-state index in [2.05, 4.69) is 0 Å². The van der Waals surface area contributed by atoms with Crippen molar-refractivity contribution in [1.82, 2.24) is 9.80 Å². The third kappa shape index (κ3) is 4.35. The van der Waals surface area contributed by atoms with Gasteiger partial charge in [0.05, 0.1) is 31.0 Å². The van der Waals surface area contributed by atoms with Gasteiger partial charge in [-0.1, -0.05) is 42.1 Å². The van der Waals surface area contributed by atoms with Crippen molar-refractivity contribution in [3.8, 4) is 0 Å². The van der Waals surface area contributed by atoms with E-state index < -0.39 is 13.0 Å². The van der Waals surface area contributed by atoms with E-state index in [1.165, 1.54) is 4.90 Å². The van der Waals surface area contributed by atoms with Crippen LogP contribution in [0, 0.1) is 0 Å². The number of piperazine rings is 1. The highest BCUT2D eigenvalue weighted by molar-refractivity contribution is 7.99. The molecule has 6 heteroatoms. The molecule has 0 bridgehead atoms. The summed E-state index contributed by atoms with van der Waals surface area (Å²) in [5, 5.41) is 8.84. The molecule has 0 unspecified atom stereocenters. The highest BCUT2D eigenvalue weighted by Crippen LogP contribution is 2.40. The van der Waals surface area contributed by atoms with E-state index >= 15 is 0 Å². The molecule has 2 aromatic carbocycles. The molecule has 2 heterocycles. The van der Waals surface area contributed by atoms with Gasteiger partial charge in [-0.05, 0) is 18.2 Å². The van der Waals surface area contributed by atoms with Crippen LogP contribution in [0.4, 0.5) is 5.69 Å². The number of aliphatic hydroxyl groups excluding tert-OH is 1. The average molecular weight is 388 g/mol. The van der Waals surface area contributed by atoms with Crippen molar-refractivity contribution in [2.24, 2.45) is 4.99 Å². The normalized spacial score (nSPS) is 23.0. The standard InChI is InChI=1S/C21H25N3O2S/c25-14-16-26-15-13-23-9-11-24(12-10-23)21-17-5-1-3-7-19(17)27-20-8-4-2-6-18(20)22-21/h1-8,25H,9-16H2/i11D2,12D2. The lowest BCUT2D eigenvalue weighted by Gasteiger charge is -2.36. The Kier molecular flexibility index (Phi) is 4.67. The van der Waals surface area contributed by atoms with Gasteiger partial charge >= 0.3 is 0 Å². The molecule has 0 saturated carbocycles. The van der Waals surface area contributed by atoms with Crippen LogP contribution in [-0.2, 0) is 4.74 Å². The van der Waals surface area contributed by atoms with Crippen LogP contribution in [0.5, 0.6) is 0 Å². The number of ether oxygens (including phenoxy) is 1. The second-order valence-corrected chi connectivity index (χ2v) is 7.28. The number of para-hydroxylation sites is 1. The molecule has 0 spiro atoms. The van der Waals surface area contributed by atoms with Crippen LogP contribution in [0.25, 0.3) is 0 Å². The first-order chi connectivity index (χ1) is 14.8. The molecule has 5 nitrogen and oxygen atoms in total. The fourth-order valence-corrected chi connectivity index (χ4v) is 3.98. The number of hydrogen-bond donors (Lipinski definition) is 1. The number of aliphatic hydroxyl groups is 1. The summed E-state index contributed by atoms with van der Waals surface area (Å²) in [5.74, 6) is 0.305. The van der Waals surface area contributed by atoms with Gasteiger partial charge in [-0.25, -0.2) is 4.99 Å². The SMILES string of the molecule is [2H]C1([2H])CN(CCOCCO)CC([2H])([2H])N1C1=Nc2ccccc2Sc2ccccc21. The topological polar surface area (TPSA) is 48.3 Å². The molecule has 1 N–H and O–H groups in total. The fraction of sp³-hybridized carbons (Fsp3) is 0.381. The Bertz CT molecular complexity index is 955. The predicted octanol–water partition coefficient (Wildman–Crippen LogP) is 2.86. The van der Waals surface area contributed by atoms with Crippen LogP contribution in [0.3, 0.4) is 0 Å². The third-order valence-corrected chi connectivity index (χ3v) is 5.48. The number of rotatable bonds is 5. The summed E-state index contributed by atoms with van der Waals surface area (Å²) in [5.41, 5.74) is 1.42. The second kappa shape index (κ2) is 8.89. The molecule has 0 aromatic heterocycles. The van der Waals surface area contributed by atoms with Crippen molar-refractivity contribution >= 4 is 23.3 Å². The van der Waals surface area contributed by atoms with Crippen LogP contribution >= 0.6 is 11.8 Å². The predicted molar refractivity (Wildman–Crippen MR) is 109 cm³/mol. The Labute approximate surface area is 170 Å². The molecule has 2 aliphatic heterocycles. The van der Waals surface area contributed by atoms with Gasteiger partial charge in [0.2, 0.25) is 0 Å². The van der Waals surface area contributed by atoms with E-state index in [4.69, 9.17) is 20.3 Å². The van der Waals surface area contributed by atoms with Crippen LogP contribution < -0.4 is 0 Å². The number of benzene rings is 2. The minimum Gasteiger partial charge on any atom is -0.394 e. The van der Waals surface area contributed by atoms with Crippen molar-refractivity contribution < 1.29 is 15.3 Å². The third-order valence-electron chi connectivity index (χ3n) is 4.34. The quantitative estimate of drug-likeness (QED) is 0.800. The molecule has 0 amide bonds. The minimum absolute atomic E-state index is 0.0188. The summed E-state index contributed by atoms with van der Waals surface area (Å²) in [7, 11) is 0. The van der Waals surface area contributed by atoms with Crippen LogP contribution in [0.2, 0.25) is 0 Å². The average Bonchev–Trinajstić information content (AvgIpc) is 2.86. The summed E-state index contributed by atoms with van der Waals surface area (Å²) >= 11 is 1.55. The van der Waals surface area contributed by atoms with Gasteiger partial charge in [-0.3, -0.25) is 4.90 Å². The molecule has 0 atom stereocenters. The van der Waals surface area contributed by atoms with Crippen LogP contribution in [0.15, 0.2) is 63.3 Å². The molecule has 2 aromatic rings. The van der Waals surface area contributed by atoms with Gasteiger partial charge < -0.3 is 14.7 Å². The number of aliphatic imine (C=N–C) groups is 1. The number of fused-ring (bicyclic) bond motifs is 2. The van der Waals surface area contributed by atoms with E-state index in [1.54, 1.807) is 16.7 Å². The maximum atomic E-state index is 8.84. The smallest absolute Gasteiger partial charge is 0.137 e. The minimum atomic E-state index is -1.99. The molecule has 2 aliphatic rings. The summed E-state index contributed by atoms with van der Waals surface area (Å²) in [6, 6.07) is 15.3. The van der Waals surface area contributed by atoms with Gasteiger partial charge in [0, 0.05) is 48.0 Å². The molecule has 142 valence electrons. The number of nitrogens with zero attached hydrogens (tertiary/aromatic N) is 3. The van der Waals surface area contributed by atoms with Crippen LogP contribution in [0.1, 0.15) is 11.0 Å². The Morgan fingerprint density at radius 3 is 2.59 bits per heavy atom. The summed E-state index contributed by atoms with van der Waals surface area (Å²) in [6.45, 7) is -3.12. The lowest BCUT2D eigenvalue weighted by molar-refractivity contribution is 0.0652. The zero-order chi connectivity index (χ0) is 22.1. The Hall–Kier alpha value is -1.86. The highest BCUT2D eigenvalue weighted by Gasteiger charge is 2.24. The first-order valence-corrected chi connectivity index (χ1v) is 9.80. The van der Waals surface area contributed by atoms with E-state index in [1.807, 2.05) is 48.5 Å². The van der Waals surface area contributed by atoms with E-state index in [9.17, 15) is 0 Å². The van der Waals surface area contributed by atoms with E-state index in [0.29, 0.717) is 24.7 Å². The van der Waals surface area contributed by atoms with Gasteiger partial charge in [0.15, 0.2) is 0 Å². The van der Waals surface area contributed by atoms with Crippen molar-refractivity contribution in [3.63, 3.8) is 0 Å². The summed E-state index contributed by atoms with van der Waals surface area (Å²) in [6.07, 6.45) is 0. The van der Waals surface area contributed by atoms with E-state index in [0.717, 1.165) is 15.4 Å². The van der Waals surface area contributed by atoms with Gasteiger partial charge in [0.25, 0.3) is 0 Å². The Morgan fingerprint density at radius 1 is 1.04 bits per heavy atom. The Morgan fingerprint density at radius 2 is 1.78 bits per heavy atom. The maximum absolute atomic E-state index is 8.84. The molecule has 1 fully saturated rings. The fourth-order valence-electron chi connectivity index (χ4n) is 2.96. The molecular weight excluding hydrogens is 358 g/mol. The van der Waals surface area contributed by atoms with Gasteiger partial charge in [0.1, 0.15) is 5.84 Å². The molecule has 4 rings (SSSR count). The first-order valence-electron chi connectivity index (χ1n) is 11.0. The first kappa shape index (κ1) is 14.2. The molecule has 0 aliphatic carbocycles. The lowest BCUT2D eigenvalue weighted by Crippen LogP contribution is -2.49. The van der Waals surface area contributed by atoms with Gasteiger partial charge in [-0.2, -0.15) is 0 Å². The second-order valence-electron chi connectivity index (χ2n) is 6.20. The highest BCUT2D eigenvalue weighted by atomic mass is 32.2. The molecule has 1 saturated heterocycles. The van der Waals surface area contributed by atoms with Gasteiger partial charge in [-0.15, -0.1) is 0 Å². The van der Waals surface area contributed by atoms with Crippen molar-refractivity contribution in [3.05, 3.63) is 54.1 Å². The zero-order valence-corrected chi connectivity index (χ0v) is 15.8. The summed E-state index contributed by atoms with van der Waals surface area (Å²) < 4.78 is 40.3. The zero-order valence-electron chi connectivity index (χ0n) is 19.0. The molecule has 27 heavy (non-hydrogen) atoms. The van der Waals surface area contributed by atoms with Crippen LogP contribution in [-0.4, -0.2) is 73.2 Å². The largest absolute Gasteiger partial charge is 0.394 e. The van der Waals surface area contributed by atoms with Crippen molar-refractivity contribution in [2.75, 3.05) is 52.4 Å². The maximum Gasteiger partial charge on any atom is 0.137 e. The molecular formula is C21H25N3O2S. The molecule has 0 radical (unpaired) electrons. The van der Waals surface area contributed by atoms with Crippen molar-refractivity contribution in [2.45, 2.75) is 9.79 Å². The van der Waals surface area contributed by atoms with Crippen molar-refractivity contribution in [1.29, 1.82) is 0 Å². The Balaban J connectivity index is 1.71. The number of amidine groups is 1.